The van der Waals surface area contributed by atoms with E-state index in [1.165, 1.54) is 33.7 Å². The van der Waals surface area contributed by atoms with E-state index in [9.17, 15) is 0 Å². The molecule has 0 radical (unpaired) electrons. The van der Waals surface area contributed by atoms with Crippen molar-refractivity contribution < 1.29 is 0 Å². The first-order valence-electron chi connectivity index (χ1n) is 7.82. The second-order valence-corrected chi connectivity index (χ2v) is 8.64. The van der Waals surface area contributed by atoms with Gasteiger partial charge >= 0.3 is 0 Å². The zero-order valence-electron chi connectivity index (χ0n) is 13.5. The predicted molar refractivity (Wildman–Crippen MR) is 97.6 cm³/mol. The van der Waals surface area contributed by atoms with Crippen LogP contribution in [0.3, 0.4) is 0 Å². The number of halogens is 1. The smallest absolute Gasteiger partial charge is 0.0783 e. The minimum Gasteiger partial charge on any atom is -0.255 e. The molecule has 0 amide bonds. The summed E-state index contributed by atoms with van der Waals surface area (Å²) >= 11 is 3.66. The van der Waals surface area contributed by atoms with Crippen molar-refractivity contribution >= 4 is 37.6 Å². The molecule has 1 nitrogen and oxygen atoms in total. The monoisotopic (exact) mass is 353 g/mol. The average molecular weight is 354 g/mol. The Morgan fingerprint density at radius 1 is 0.909 bits per heavy atom. The summed E-state index contributed by atoms with van der Waals surface area (Å²) in [6.07, 6.45) is 3.29. The number of fused-ring (bicyclic) bond motifs is 5. The third kappa shape index (κ3) is 1.80. The summed E-state index contributed by atoms with van der Waals surface area (Å²) in [6.45, 7) is 9.41. The van der Waals surface area contributed by atoms with E-state index in [0.29, 0.717) is 0 Å². The largest absolute Gasteiger partial charge is 0.255 e. The highest BCUT2D eigenvalue weighted by Gasteiger charge is 2.43. The molecule has 0 saturated heterocycles. The van der Waals surface area contributed by atoms with Gasteiger partial charge in [-0.3, -0.25) is 4.98 Å². The molecule has 112 valence electrons. The van der Waals surface area contributed by atoms with Gasteiger partial charge in [-0.2, -0.15) is 0 Å². The quantitative estimate of drug-likeness (QED) is 0.444. The molecule has 0 fully saturated rings. The number of nitrogens with zero attached hydrogens (tertiary/aromatic N) is 1. The normalized spacial score (nSPS) is 18.8. The van der Waals surface area contributed by atoms with Gasteiger partial charge in [0.05, 0.1) is 5.52 Å². The second kappa shape index (κ2) is 4.32. The Bertz CT molecular complexity index is 922. The van der Waals surface area contributed by atoms with Crippen molar-refractivity contribution in [1.82, 2.24) is 4.98 Å². The van der Waals surface area contributed by atoms with E-state index in [1.807, 2.05) is 0 Å². The van der Waals surface area contributed by atoms with E-state index in [4.69, 9.17) is 4.98 Å². The van der Waals surface area contributed by atoms with Crippen molar-refractivity contribution in [3.8, 4) is 0 Å². The highest BCUT2D eigenvalue weighted by Crippen LogP contribution is 2.51. The van der Waals surface area contributed by atoms with E-state index in [-0.39, 0.29) is 10.8 Å². The van der Waals surface area contributed by atoms with E-state index in [1.54, 1.807) is 0 Å². The Kier molecular flexibility index (Phi) is 2.79. The first-order valence-corrected chi connectivity index (χ1v) is 8.61. The Balaban J connectivity index is 2.19. The first kappa shape index (κ1) is 14.2. The Labute approximate surface area is 139 Å². The van der Waals surface area contributed by atoms with Crippen LogP contribution in [0.15, 0.2) is 41.0 Å². The van der Waals surface area contributed by atoms with Crippen LogP contribution >= 0.6 is 15.9 Å². The van der Waals surface area contributed by atoms with Gasteiger partial charge in [0.15, 0.2) is 0 Å². The summed E-state index contributed by atoms with van der Waals surface area (Å²) < 4.78 is 1.13. The molecule has 1 aromatic heterocycles. The van der Waals surface area contributed by atoms with Gasteiger partial charge in [0.1, 0.15) is 0 Å². The molecule has 0 spiro atoms. The van der Waals surface area contributed by atoms with Gasteiger partial charge in [0, 0.05) is 21.4 Å². The van der Waals surface area contributed by atoms with Crippen LogP contribution in [-0.4, -0.2) is 4.98 Å². The number of aromatic nitrogens is 1. The lowest BCUT2D eigenvalue weighted by atomic mass is 9.81. The molecule has 0 N–H and O–H groups in total. The molecule has 22 heavy (non-hydrogen) atoms. The molecule has 1 heterocycles. The van der Waals surface area contributed by atoms with Crippen molar-refractivity contribution in [3.63, 3.8) is 0 Å². The highest BCUT2D eigenvalue weighted by atomic mass is 79.9. The minimum atomic E-state index is 0.194. The fraction of sp³-hybridized carbons (Fsp3) is 0.350. The van der Waals surface area contributed by atoms with Crippen LogP contribution in [0.2, 0.25) is 0 Å². The first-order chi connectivity index (χ1) is 10.3. The van der Waals surface area contributed by atoms with Gasteiger partial charge in [-0.15, -0.1) is 0 Å². The van der Waals surface area contributed by atoms with E-state index in [0.717, 1.165) is 9.99 Å². The molecule has 0 unspecified atom stereocenters. The lowest BCUT2D eigenvalue weighted by molar-refractivity contribution is 0.404. The van der Waals surface area contributed by atoms with Gasteiger partial charge in [-0.25, -0.2) is 0 Å². The fourth-order valence-corrected chi connectivity index (χ4v) is 5.01. The number of hydrogen-bond acceptors (Lipinski definition) is 1. The summed E-state index contributed by atoms with van der Waals surface area (Å²) in [7, 11) is 0. The Hall–Kier alpha value is -1.41. The van der Waals surface area contributed by atoms with Gasteiger partial charge in [-0.05, 0) is 39.8 Å². The Morgan fingerprint density at radius 3 is 2.41 bits per heavy atom. The summed E-state index contributed by atoms with van der Waals surface area (Å²) in [5.74, 6) is 0. The van der Waals surface area contributed by atoms with Gasteiger partial charge in [0.2, 0.25) is 0 Å². The van der Waals surface area contributed by atoms with Crippen molar-refractivity contribution in [1.29, 1.82) is 0 Å². The molecule has 0 atom stereocenters. The van der Waals surface area contributed by atoms with Crippen LogP contribution in [0.5, 0.6) is 0 Å². The molecular weight excluding hydrogens is 334 g/mol. The van der Waals surface area contributed by atoms with Crippen molar-refractivity contribution in [2.75, 3.05) is 0 Å². The van der Waals surface area contributed by atoms with Crippen LogP contribution in [0.25, 0.3) is 21.7 Å². The maximum Gasteiger partial charge on any atom is 0.0783 e. The summed E-state index contributed by atoms with van der Waals surface area (Å²) in [5, 5.41) is 3.78. The molecule has 1 aliphatic rings. The number of pyridine rings is 1. The molecule has 4 rings (SSSR count). The third-order valence-electron chi connectivity index (χ3n) is 5.13. The zero-order chi connectivity index (χ0) is 15.7. The SMILES string of the molecule is CC1(C)CC(C)(C)c2c1cnc1c2ccc2c(Br)cccc21. The summed E-state index contributed by atoms with van der Waals surface area (Å²) in [6, 6.07) is 10.8. The molecule has 1 aliphatic carbocycles. The van der Waals surface area contributed by atoms with E-state index in [2.05, 4.69) is 80.2 Å². The summed E-state index contributed by atoms with van der Waals surface area (Å²) in [5.41, 5.74) is 4.43. The van der Waals surface area contributed by atoms with E-state index < -0.39 is 0 Å². The van der Waals surface area contributed by atoms with Crippen LogP contribution in [0.4, 0.5) is 0 Å². The molecule has 0 saturated carbocycles. The third-order valence-corrected chi connectivity index (χ3v) is 5.82. The molecule has 0 aliphatic heterocycles. The maximum absolute atomic E-state index is 4.86. The van der Waals surface area contributed by atoms with Crippen molar-refractivity contribution in [2.45, 2.75) is 44.9 Å². The van der Waals surface area contributed by atoms with Crippen LogP contribution in [0.1, 0.15) is 45.2 Å². The van der Waals surface area contributed by atoms with Crippen LogP contribution < -0.4 is 0 Å². The zero-order valence-corrected chi connectivity index (χ0v) is 15.1. The van der Waals surface area contributed by atoms with Gasteiger partial charge in [0.25, 0.3) is 0 Å². The lowest BCUT2D eigenvalue weighted by Crippen LogP contribution is -2.18. The van der Waals surface area contributed by atoms with Gasteiger partial charge < -0.3 is 0 Å². The summed E-state index contributed by atoms with van der Waals surface area (Å²) in [4.78, 5) is 4.86. The number of benzene rings is 2. The number of rotatable bonds is 0. The molecule has 3 aromatic rings. The standard InChI is InChI=1S/C20H20BrN/c1-19(2)11-20(3,4)17-14-9-8-12-13(6-5-7-16(12)21)18(14)22-10-15(17)19/h5-10H,11H2,1-4H3. The fourth-order valence-electron chi connectivity index (χ4n) is 4.51. The van der Waals surface area contributed by atoms with Gasteiger partial charge in [-0.1, -0.05) is 67.9 Å². The Morgan fingerprint density at radius 2 is 1.64 bits per heavy atom. The lowest BCUT2D eigenvalue weighted by Gasteiger charge is -2.23. The second-order valence-electron chi connectivity index (χ2n) is 7.79. The maximum atomic E-state index is 4.86. The topological polar surface area (TPSA) is 12.9 Å². The molecule has 0 bridgehead atoms. The molecule has 2 heteroatoms. The van der Waals surface area contributed by atoms with Crippen LogP contribution in [-0.2, 0) is 10.8 Å². The van der Waals surface area contributed by atoms with Crippen LogP contribution in [0, 0.1) is 0 Å². The van der Waals surface area contributed by atoms with Crippen molar-refractivity contribution in [3.05, 3.63) is 52.1 Å². The minimum absolute atomic E-state index is 0.194. The average Bonchev–Trinajstić information content (AvgIpc) is 2.64. The van der Waals surface area contributed by atoms with E-state index >= 15 is 0 Å². The number of hydrogen-bond donors (Lipinski definition) is 0. The highest BCUT2D eigenvalue weighted by molar-refractivity contribution is 9.10. The molecule has 2 aromatic carbocycles. The van der Waals surface area contributed by atoms with Crippen molar-refractivity contribution in [2.24, 2.45) is 0 Å². The molecular formula is C20H20BrN. The predicted octanol–water partition coefficient (Wildman–Crippen LogP) is 6.11.